The highest BCUT2D eigenvalue weighted by molar-refractivity contribution is 5.83. The molecular weight excluding hydrogens is 230 g/mol. The number of amides is 1. The number of aromatic nitrogens is 2. The quantitative estimate of drug-likeness (QED) is 0.822. The minimum Gasteiger partial charge on any atom is -0.369 e. The van der Waals surface area contributed by atoms with Gasteiger partial charge in [0.15, 0.2) is 0 Å². The lowest BCUT2D eigenvalue weighted by molar-refractivity contribution is -0.119. The molecule has 1 amide bonds. The van der Waals surface area contributed by atoms with E-state index in [2.05, 4.69) is 15.3 Å². The summed E-state index contributed by atoms with van der Waals surface area (Å²) in [6, 6.07) is -0.259. The summed E-state index contributed by atoms with van der Waals surface area (Å²) in [7, 11) is 0. The third-order valence-corrected chi connectivity index (χ3v) is 3.11. The molecule has 1 aromatic heterocycles. The SMILES string of the molecule is CCNc1cncc(N2CCCCC2C(N)=O)n1. The number of primary amides is 1. The van der Waals surface area contributed by atoms with Gasteiger partial charge in [0.1, 0.15) is 17.7 Å². The van der Waals surface area contributed by atoms with Crippen molar-refractivity contribution in [3.05, 3.63) is 12.4 Å². The van der Waals surface area contributed by atoms with Crippen LogP contribution < -0.4 is 16.0 Å². The first-order chi connectivity index (χ1) is 8.72. The molecule has 3 N–H and O–H groups in total. The molecule has 0 aliphatic carbocycles. The molecule has 98 valence electrons. The van der Waals surface area contributed by atoms with Gasteiger partial charge >= 0.3 is 0 Å². The number of nitrogens with one attached hydrogen (secondary N) is 1. The highest BCUT2D eigenvalue weighted by atomic mass is 16.1. The molecule has 1 atom stereocenters. The summed E-state index contributed by atoms with van der Waals surface area (Å²) in [4.78, 5) is 22.0. The lowest BCUT2D eigenvalue weighted by atomic mass is 10.0. The smallest absolute Gasteiger partial charge is 0.240 e. The van der Waals surface area contributed by atoms with Crippen molar-refractivity contribution >= 4 is 17.5 Å². The van der Waals surface area contributed by atoms with E-state index in [0.717, 1.165) is 44.0 Å². The summed E-state index contributed by atoms with van der Waals surface area (Å²) in [6.07, 6.45) is 6.24. The van der Waals surface area contributed by atoms with Crippen LogP contribution in [0.5, 0.6) is 0 Å². The number of nitrogens with zero attached hydrogens (tertiary/aromatic N) is 3. The first-order valence-electron chi connectivity index (χ1n) is 6.34. The number of nitrogens with two attached hydrogens (primary N) is 1. The molecule has 0 saturated carbocycles. The fourth-order valence-corrected chi connectivity index (χ4v) is 2.26. The number of hydrogen-bond acceptors (Lipinski definition) is 5. The van der Waals surface area contributed by atoms with Crippen LogP contribution >= 0.6 is 0 Å². The minimum atomic E-state index is -0.287. The molecule has 2 rings (SSSR count). The van der Waals surface area contributed by atoms with Crippen molar-refractivity contribution in [2.75, 3.05) is 23.3 Å². The standard InChI is InChI=1S/C12H19N5O/c1-2-15-10-7-14-8-11(16-10)17-6-4-3-5-9(17)12(13)18/h7-9H,2-6H2,1H3,(H2,13,18)(H,15,16). The number of hydrogen-bond donors (Lipinski definition) is 2. The van der Waals surface area contributed by atoms with Gasteiger partial charge in [0.2, 0.25) is 5.91 Å². The van der Waals surface area contributed by atoms with Crippen LogP contribution in [-0.2, 0) is 4.79 Å². The van der Waals surface area contributed by atoms with Crippen LogP contribution in [0.4, 0.5) is 11.6 Å². The van der Waals surface area contributed by atoms with Gasteiger partial charge in [-0.3, -0.25) is 9.78 Å². The topological polar surface area (TPSA) is 84.1 Å². The Morgan fingerprint density at radius 2 is 2.39 bits per heavy atom. The monoisotopic (exact) mass is 249 g/mol. The van der Waals surface area contributed by atoms with Crippen LogP contribution in [0.3, 0.4) is 0 Å². The Kier molecular flexibility index (Phi) is 3.96. The van der Waals surface area contributed by atoms with Crippen LogP contribution in [0, 0.1) is 0 Å². The van der Waals surface area contributed by atoms with Crippen molar-refractivity contribution in [1.29, 1.82) is 0 Å². The maximum Gasteiger partial charge on any atom is 0.240 e. The fourth-order valence-electron chi connectivity index (χ4n) is 2.26. The van der Waals surface area contributed by atoms with E-state index in [1.165, 1.54) is 0 Å². The first-order valence-corrected chi connectivity index (χ1v) is 6.34. The van der Waals surface area contributed by atoms with Crippen molar-refractivity contribution in [2.45, 2.75) is 32.2 Å². The Balaban J connectivity index is 2.22. The number of anilines is 2. The van der Waals surface area contributed by atoms with Crippen LogP contribution in [0.1, 0.15) is 26.2 Å². The molecule has 6 heteroatoms. The lowest BCUT2D eigenvalue weighted by Gasteiger charge is -2.34. The van der Waals surface area contributed by atoms with Gasteiger partial charge in [-0.25, -0.2) is 4.98 Å². The number of carbonyl (C=O) groups excluding carboxylic acids is 1. The molecule has 1 aliphatic heterocycles. The van der Waals surface area contributed by atoms with Crippen molar-refractivity contribution in [1.82, 2.24) is 9.97 Å². The molecule has 1 aliphatic rings. The second-order valence-electron chi connectivity index (χ2n) is 4.40. The summed E-state index contributed by atoms with van der Waals surface area (Å²) in [5.41, 5.74) is 5.45. The van der Waals surface area contributed by atoms with Crippen molar-refractivity contribution in [3.63, 3.8) is 0 Å². The molecule has 1 unspecified atom stereocenters. The second kappa shape index (κ2) is 5.66. The van der Waals surface area contributed by atoms with Crippen molar-refractivity contribution < 1.29 is 4.79 Å². The van der Waals surface area contributed by atoms with Gasteiger partial charge in [0.25, 0.3) is 0 Å². The second-order valence-corrected chi connectivity index (χ2v) is 4.40. The van der Waals surface area contributed by atoms with Crippen molar-refractivity contribution in [2.24, 2.45) is 5.73 Å². The maximum atomic E-state index is 11.5. The Bertz CT molecular complexity index is 423. The summed E-state index contributed by atoms with van der Waals surface area (Å²) < 4.78 is 0. The highest BCUT2D eigenvalue weighted by Gasteiger charge is 2.28. The zero-order valence-corrected chi connectivity index (χ0v) is 10.6. The third kappa shape index (κ3) is 2.69. The highest BCUT2D eigenvalue weighted by Crippen LogP contribution is 2.23. The predicted octanol–water partition coefficient (Wildman–Crippen LogP) is 0.753. The van der Waals surface area contributed by atoms with Gasteiger partial charge in [-0.2, -0.15) is 0 Å². The Hall–Kier alpha value is -1.85. The molecule has 2 heterocycles. The average molecular weight is 249 g/mol. The number of carbonyl (C=O) groups is 1. The molecule has 6 nitrogen and oxygen atoms in total. The van der Waals surface area contributed by atoms with Gasteiger partial charge in [0.05, 0.1) is 12.4 Å². The summed E-state index contributed by atoms with van der Waals surface area (Å²) in [5, 5.41) is 3.11. The largest absolute Gasteiger partial charge is 0.369 e. The number of rotatable bonds is 4. The van der Waals surface area contributed by atoms with E-state index in [9.17, 15) is 4.79 Å². The molecule has 0 spiro atoms. The maximum absolute atomic E-state index is 11.5. The fraction of sp³-hybridized carbons (Fsp3) is 0.583. The molecule has 0 bridgehead atoms. The minimum absolute atomic E-state index is 0.259. The molecule has 1 aromatic rings. The lowest BCUT2D eigenvalue weighted by Crippen LogP contribution is -2.48. The van der Waals surface area contributed by atoms with Gasteiger partial charge in [0, 0.05) is 13.1 Å². The van der Waals surface area contributed by atoms with Gasteiger partial charge in [-0.05, 0) is 26.2 Å². The normalized spacial score (nSPS) is 19.6. The summed E-state index contributed by atoms with van der Waals surface area (Å²) >= 11 is 0. The van der Waals surface area contributed by atoms with E-state index in [1.54, 1.807) is 12.4 Å². The molecule has 1 fully saturated rings. The van der Waals surface area contributed by atoms with Gasteiger partial charge in [-0.15, -0.1) is 0 Å². The summed E-state index contributed by atoms with van der Waals surface area (Å²) in [5.74, 6) is 1.16. The van der Waals surface area contributed by atoms with E-state index in [-0.39, 0.29) is 11.9 Å². The number of piperidine rings is 1. The molecule has 0 aromatic carbocycles. The van der Waals surface area contributed by atoms with Crippen LogP contribution in [0.15, 0.2) is 12.4 Å². The molecule has 1 saturated heterocycles. The van der Waals surface area contributed by atoms with Gasteiger partial charge in [-0.1, -0.05) is 0 Å². The van der Waals surface area contributed by atoms with E-state index in [4.69, 9.17) is 5.73 Å². The Labute approximate surface area is 107 Å². The van der Waals surface area contributed by atoms with Crippen LogP contribution in [0.25, 0.3) is 0 Å². The van der Waals surface area contributed by atoms with Crippen molar-refractivity contribution in [3.8, 4) is 0 Å². The van der Waals surface area contributed by atoms with E-state index >= 15 is 0 Å². The van der Waals surface area contributed by atoms with E-state index in [0.29, 0.717) is 0 Å². The first kappa shape index (κ1) is 12.6. The molecule has 0 radical (unpaired) electrons. The predicted molar refractivity (Wildman–Crippen MR) is 70.4 cm³/mol. The van der Waals surface area contributed by atoms with Crippen LogP contribution in [-0.4, -0.2) is 35.0 Å². The van der Waals surface area contributed by atoms with E-state index in [1.807, 2.05) is 11.8 Å². The van der Waals surface area contributed by atoms with Gasteiger partial charge < -0.3 is 16.0 Å². The molecular formula is C12H19N5O. The zero-order valence-electron chi connectivity index (χ0n) is 10.6. The van der Waals surface area contributed by atoms with E-state index < -0.39 is 0 Å². The molecule has 18 heavy (non-hydrogen) atoms. The zero-order chi connectivity index (χ0) is 13.0. The third-order valence-electron chi connectivity index (χ3n) is 3.11. The average Bonchev–Trinajstić information content (AvgIpc) is 2.39. The van der Waals surface area contributed by atoms with Crippen LogP contribution in [0.2, 0.25) is 0 Å². The Morgan fingerprint density at radius 3 is 3.11 bits per heavy atom. The summed E-state index contributed by atoms with van der Waals surface area (Å²) in [6.45, 7) is 3.59. The Morgan fingerprint density at radius 1 is 1.56 bits per heavy atom.